The SMILES string of the molecule is CCN1C(=CC=C(/C=C/C2N(CC)c3ccc4c(S(=O)(=O)O)cc(S(=O)(=O)O)cc4c3C2(C)C)c2ccc(C(=O)NCCCCC(=O)NCc3ccc(S(N)(=O)=O)cc3)cn2)C(C)(C)c2c1ccc1c(S(=O)(=O)O)cc(S(=O)(=O)O)cc21. The topological polar surface area (TPSA) is 355 Å². The third-order valence-corrected chi connectivity index (χ3v) is 19.2. The number of likely N-dealkylation sites (N-methyl/N-ethyl adjacent to an activating group) is 2. The second kappa shape index (κ2) is 22.3. The van der Waals surface area contributed by atoms with E-state index in [1.165, 1.54) is 36.5 Å². The zero-order valence-corrected chi connectivity index (χ0v) is 49.2. The highest BCUT2D eigenvalue weighted by Gasteiger charge is 2.45. The first-order chi connectivity index (χ1) is 38.1. The van der Waals surface area contributed by atoms with Crippen LogP contribution in [-0.2, 0) is 72.7 Å². The molecule has 1 unspecified atom stereocenters. The number of carbonyl (C=O) groups is 2. The van der Waals surface area contributed by atoms with E-state index in [1.54, 1.807) is 48.6 Å². The van der Waals surface area contributed by atoms with Crippen molar-refractivity contribution in [3.63, 3.8) is 0 Å². The number of hydrogen-bond acceptors (Lipinski definition) is 15. The summed E-state index contributed by atoms with van der Waals surface area (Å²) in [6, 6.07) is 18.4. The number of hydrogen-bond donors (Lipinski definition) is 7. The average molecular weight is 1220 g/mol. The zero-order valence-electron chi connectivity index (χ0n) is 45.1. The maximum atomic E-state index is 13.4. The number of anilines is 2. The molecule has 2 aliphatic heterocycles. The van der Waals surface area contributed by atoms with Crippen LogP contribution in [0.2, 0.25) is 0 Å². The quantitative estimate of drug-likeness (QED) is 0.0242. The molecule has 6 aromatic rings. The molecule has 8 N–H and O–H groups in total. The van der Waals surface area contributed by atoms with Gasteiger partial charge in [0.15, 0.2) is 0 Å². The fourth-order valence-electron chi connectivity index (χ4n) is 11.0. The Labute approximate surface area is 475 Å². The van der Waals surface area contributed by atoms with Gasteiger partial charge in [-0.15, -0.1) is 0 Å². The Morgan fingerprint density at radius 2 is 1.23 bits per heavy atom. The van der Waals surface area contributed by atoms with Gasteiger partial charge in [-0.3, -0.25) is 32.8 Å². The molecule has 0 radical (unpaired) electrons. The molecule has 8 rings (SSSR count). The molecule has 1 atom stereocenters. The van der Waals surface area contributed by atoms with Gasteiger partial charge in [0.2, 0.25) is 15.9 Å². The van der Waals surface area contributed by atoms with Gasteiger partial charge in [0, 0.05) is 77.5 Å². The van der Waals surface area contributed by atoms with Crippen molar-refractivity contribution < 1.29 is 69.9 Å². The number of aromatic nitrogens is 1. The zero-order chi connectivity index (χ0) is 60.3. The van der Waals surface area contributed by atoms with Crippen LogP contribution >= 0.6 is 0 Å². The minimum absolute atomic E-state index is 0.0119. The van der Waals surface area contributed by atoms with E-state index in [1.807, 2.05) is 63.5 Å². The average Bonchev–Trinajstić information content (AvgIpc) is 2.72. The molecule has 82 heavy (non-hydrogen) atoms. The molecule has 0 saturated carbocycles. The van der Waals surface area contributed by atoms with E-state index in [0.717, 1.165) is 6.07 Å². The molecule has 5 aromatic carbocycles. The molecule has 0 saturated heterocycles. The molecule has 2 amide bonds. The lowest BCUT2D eigenvalue weighted by atomic mass is 9.78. The van der Waals surface area contributed by atoms with Crippen molar-refractivity contribution in [2.24, 2.45) is 5.14 Å². The first-order valence-corrected chi connectivity index (χ1v) is 32.8. The number of nitrogens with one attached hydrogen (secondary N) is 2. The molecule has 2 aliphatic rings. The van der Waals surface area contributed by atoms with Crippen molar-refractivity contribution >= 4 is 101 Å². The fourth-order valence-corrected chi connectivity index (χ4v) is 14.2. The largest absolute Gasteiger partial charge is 0.364 e. The first kappa shape index (κ1) is 61.2. The van der Waals surface area contributed by atoms with Gasteiger partial charge in [-0.1, -0.05) is 70.2 Å². The van der Waals surface area contributed by atoms with Crippen LogP contribution in [0.15, 0.2) is 146 Å². The summed E-state index contributed by atoms with van der Waals surface area (Å²) >= 11 is 0. The summed E-state index contributed by atoms with van der Waals surface area (Å²) in [4.78, 5) is 31.7. The molecule has 27 heteroatoms. The molecule has 3 heterocycles. The molecule has 0 bridgehead atoms. The number of fused-ring (bicyclic) bond motifs is 6. The second-order valence-electron chi connectivity index (χ2n) is 20.8. The number of amides is 2. The Kier molecular flexibility index (Phi) is 16.7. The van der Waals surface area contributed by atoms with Crippen LogP contribution in [0.25, 0.3) is 27.1 Å². The number of benzene rings is 5. The predicted octanol–water partition coefficient (Wildman–Crippen LogP) is 7.07. The predicted molar refractivity (Wildman–Crippen MR) is 308 cm³/mol. The summed E-state index contributed by atoms with van der Waals surface area (Å²) in [5.74, 6) is -0.679. The Morgan fingerprint density at radius 1 is 0.659 bits per heavy atom. The lowest BCUT2D eigenvalue weighted by Gasteiger charge is -2.32. The van der Waals surface area contributed by atoms with Gasteiger partial charge in [-0.05, 0) is 126 Å². The molecule has 436 valence electrons. The maximum Gasteiger partial charge on any atom is 0.295 e. The van der Waals surface area contributed by atoms with E-state index in [9.17, 15) is 69.9 Å². The van der Waals surface area contributed by atoms with E-state index in [2.05, 4.69) is 10.6 Å². The van der Waals surface area contributed by atoms with E-state index >= 15 is 0 Å². The van der Waals surface area contributed by atoms with Crippen LogP contribution < -0.4 is 25.6 Å². The number of carbonyl (C=O) groups excluding carboxylic acids is 2. The van der Waals surface area contributed by atoms with Crippen LogP contribution in [-0.4, -0.2) is 103 Å². The summed E-state index contributed by atoms with van der Waals surface area (Å²) in [6.45, 7) is 12.4. The van der Waals surface area contributed by atoms with Gasteiger partial charge in [0.05, 0.1) is 32.0 Å². The van der Waals surface area contributed by atoms with Gasteiger partial charge in [0.25, 0.3) is 46.4 Å². The van der Waals surface area contributed by atoms with Crippen molar-refractivity contribution in [2.75, 3.05) is 29.4 Å². The van der Waals surface area contributed by atoms with Crippen LogP contribution in [0.3, 0.4) is 0 Å². The standard InChI is InChI=1S/C55H60N6O16S5/c1-7-60-44-22-19-39-41(27-37(79(66,67)68)29-46(39)81(72,73)74)51(44)54(3,4)48(60)24-15-34(43-21-14-35(32-58-43)53(63)57-26-10-9-11-50(62)59-31-33-12-17-36(18-13-33)78(56,64)65)16-25-49-55(5,6)52-42-28-38(80(69,70)71)30-47(82(75,76)77)40(42)20-23-45(52)61(49)8-2/h12-25,27-30,32,48H,7-11,26,31H2,1-6H3,(H,57,63)(H,59,62)(H2,56,64,65)(H,66,67,68)(H,69,70,71)(H,72,73,74)(H,75,76,77)/b24-15+,34-16?,49-25?. The number of nitrogens with zero attached hydrogens (tertiary/aromatic N) is 3. The monoisotopic (exact) mass is 1220 g/mol. The Morgan fingerprint density at radius 3 is 1.74 bits per heavy atom. The first-order valence-electron chi connectivity index (χ1n) is 25.5. The van der Waals surface area contributed by atoms with E-state index < -0.39 is 92.9 Å². The van der Waals surface area contributed by atoms with E-state index in [-0.39, 0.29) is 57.4 Å². The molecule has 0 fully saturated rings. The van der Waals surface area contributed by atoms with E-state index in [0.29, 0.717) is 83.1 Å². The van der Waals surface area contributed by atoms with Crippen molar-refractivity contribution in [3.8, 4) is 0 Å². The fraction of sp³-hybridized carbons (Fsp3) is 0.291. The van der Waals surface area contributed by atoms with Crippen molar-refractivity contribution in [3.05, 3.63) is 149 Å². The number of sulfonamides is 1. The Hall–Kier alpha value is -6.92. The third-order valence-electron chi connectivity index (χ3n) is 14.8. The number of nitrogens with two attached hydrogens (primary N) is 1. The highest BCUT2D eigenvalue weighted by molar-refractivity contribution is 7.89. The minimum atomic E-state index is -5.01. The normalized spacial score (nSPS) is 17.0. The number of allylic oxidation sites excluding steroid dienone is 5. The van der Waals surface area contributed by atoms with Crippen LogP contribution in [0.1, 0.15) is 93.5 Å². The summed E-state index contributed by atoms with van der Waals surface area (Å²) in [6.07, 6.45) is 9.74. The highest BCUT2D eigenvalue weighted by Crippen LogP contribution is 2.53. The molecular formula is C55H60N6O16S5. The highest BCUT2D eigenvalue weighted by atomic mass is 32.2. The lowest BCUT2D eigenvalue weighted by Crippen LogP contribution is -2.39. The molecule has 0 spiro atoms. The van der Waals surface area contributed by atoms with E-state index in [4.69, 9.17) is 10.1 Å². The van der Waals surface area contributed by atoms with Gasteiger partial charge in [0.1, 0.15) is 9.79 Å². The van der Waals surface area contributed by atoms with Crippen LogP contribution in [0.4, 0.5) is 11.4 Å². The van der Waals surface area contributed by atoms with Crippen molar-refractivity contribution in [1.82, 2.24) is 15.6 Å². The number of pyridine rings is 1. The molecule has 22 nitrogen and oxygen atoms in total. The second-order valence-corrected chi connectivity index (χ2v) is 28.0. The Bertz CT molecular complexity index is 4300. The molecular weight excluding hydrogens is 1160 g/mol. The van der Waals surface area contributed by atoms with Gasteiger partial charge < -0.3 is 20.4 Å². The summed E-state index contributed by atoms with van der Waals surface area (Å²) < 4.78 is 165. The number of primary sulfonamides is 1. The third kappa shape index (κ3) is 12.2. The van der Waals surface area contributed by atoms with Crippen LogP contribution in [0.5, 0.6) is 0 Å². The minimum Gasteiger partial charge on any atom is -0.364 e. The Balaban J connectivity index is 1.13. The maximum absolute atomic E-state index is 13.4. The summed E-state index contributed by atoms with van der Waals surface area (Å²) in [5.41, 5.74) is 2.67. The number of unbranched alkanes of at least 4 members (excludes halogenated alkanes) is 1. The molecule has 1 aromatic heterocycles. The number of rotatable bonds is 19. The van der Waals surface area contributed by atoms with Crippen LogP contribution in [0, 0.1) is 0 Å². The summed E-state index contributed by atoms with van der Waals surface area (Å²) in [7, 11) is -23.8. The van der Waals surface area contributed by atoms with Crippen molar-refractivity contribution in [1.29, 1.82) is 0 Å². The van der Waals surface area contributed by atoms with Gasteiger partial charge in [-0.25, -0.2) is 13.6 Å². The summed E-state index contributed by atoms with van der Waals surface area (Å²) in [5, 5.41) is 11.1. The smallest absolute Gasteiger partial charge is 0.295 e. The molecule has 0 aliphatic carbocycles. The van der Waals surface area contributed by atoms with Gasteiger partial charge >= 0.3 is 0 Å². The van der Waals surface area contributed by atoms with Gasteiger partial charge in [-0.2, -0.15) is 33.7 Å². The van der Waals surface area contributed by atoms with Crippen molar-refractivity contribution in [2.45, 2.75) is 109 Å². The lowest BCUT2D eigenvalue weighted by molar-refractivity contribution is -0.121.